The van der Waals surface area contributed by atoms with Crippen LogP contribution >= 0.6 is 0 Å². The van der Waals surface area contributed by atoms with Crippen LogP contribution in [0.1, 0.15) is 19.8 Å². The Kier molecular flexibility index (Phi) is 7.37. The van der Waals surface area contributed by atoms with Gasteiger partial charge in [0.15, 0.2) is 0 Å². The van der Waals surface area contributed by atoms with E-state index in [-0.39, 0.29) is 25.2 Å². The van der Waals surface area contributed by atoms with Crippen LogP contribution in [0.2, 0.25) is 0 Å². The Bertz CT molecular complexity index is 356. The van der Waals surface area contributed by atoms with Crippen molar-refractivity contribution in [2.45, 2.75) is 19.8 Å². The van der Waals surface area contributed by atoms with Crippen LogP contribution in [0.3, 0.4) is 0 Å². The quantitative estimate of drug-likeness (QED) is 0.481. The van der Waals surface area contributed by atoms with Gasteiger partial charge in [-0.1, -0.05) is 0 Å². The lowest BCUT2D eigenvalue weighted by molar-refractivity contribution is -0.144. The van der Waals surface area contributed by atoms with Crippen molar-refractivity contribution in [1.82, 2.24) is 0 Å². The van der Waals surface area contributed by atoms with Gasteiger partial charge < -0.3 is 19.7 Å². The molecule has 0 aromatic heterocycles. The third-order valence-electron chi connectivity index (χ3n) is 2.06. The van der Waals surface area contributed by atoms with E-state index < -0.39 is 29.9 Å². The molecule has 0 atom stereocenters. The lowest BCUT2D eigenvalue weighted by Gasteiger charge is -2.08. The first-order valence-electron chi connectivity index (χ1n) is 5.27. The van der Waals surface area contributed by atoms with E-state index in [0.717, 1.165) is 0 Å². The summed E-state index contributed by atoms with van der Waals surface area (Å²) in [5, 5.41) is 17.9. The summed E-state index contributed by atoms with van der Waals surface area (Å²) in [5.74, 6) is -3.60. The highest BCUT2D eigenvalue weighted by molar-refractivity contribution is 6.01. The summed E-state index contributed by atoms with van der Waals surface area (Å²) in [7, 11) is 1.37. The predicted molar refractivity (Wildman–Crippen MR) is 60.0 cm³/mol. The molecule has 0 aromatic carbocycles. The number of carbonyl (C=O) groups is 3. The maximum absolute atomic E-state index is 11.2. The molecule has 0 spiro atoms. The van der Waals surface area contributed by atoms with Crippen molar-refractivity contribution < 1.29 is 34.1 Å². The van der Waals surface area contributed by atoms with Gasteiger partial charge in [0.25, 0.3) is 0 Å². The topological polar surface area (TPSA) is 110 Å². The van der Waals surface area contributed by atoms with Crippen molar-refractivity contribution in [3.05, 3.63) is 11.1 Å². The molecule has 0 aromatic rings. The second-order valence-electron chi connectivity index (χ2n) is 3.29. The van der Waals surface area contributed by atoms with E-state index in [0.29, 0.717) is 0 Å². The van der Waals surface area contributed by atoms with E-state index in [2.05, 4.69) is 4.74 Å². The first-order valence-corrected chi connectivity index (χ1v) is 5.27. The van der Waals surface area contributed by atoms with Gasteiger partial charge in [-0.2, -0.15) is 0 Å². The third-order valence-corrected chi connectivity index (χ3v) is 2.06. The van der Waals surface area contributed by atoms with Crippen LogP contribution in [0.25, 0.3) is 0 Å². The molecule has 0 amide bonds. The van der Waals surface area contributed by atoms with E-state index in [1.165, 1.54) is 7.11 Å². The number of carbonyl (C=O) groups excluding carboxylic acids is 1. The van der Waals surface area contributed by atoms with Crippen molar-refractivity contribution in [2.24, 2.45) is 0 Å². The molecule has 0 heterocycles. The zero-order valence-electron chi connectivity index (χ0n) is 10.3. The molecule has 2 N–H and O–H groups in total. The van der Waals surface area contributed by atoms with Crippen molar-refractivity contribution in [2.75, 3.05) is 20.3 Å². The lowest BCUT2D eigenvalue weighted by Crippen LogP contribution is -2.17. The number of esters is 1. The monoisotopic (exact) mass is 260 g/mol. The molecule has 0 bridgehead atoms. The average molecular weight is 260 g/mol. The van der Waals surface area contributed by atoms with Crippen molar-refractivity contribution in [1.29, 1.82) is 0 Å². The molecule has 0 rings (SSSR count). The second-order valence-corrected chi connectivity index (χ2v) is 3.29. The van der Waals surface area contributed by atoms with Gasteiger partial charge in [-0.25, -0.2) is 9.59 Å². The Morgan fingerprint density at radius 3 is 2.00 bits per heavy atom. The molecule has 0 unspecified atom stereocenters. The number of hydrogen-bond donors (Lipinski definition) is 2. The number of aliphatic carboxylic acids is 2. The summed E-state index contributed by atoms with van der Waals surface area (Å²) in [5.41, 5.74) is -0.824. The van der Waals surface area contributed by atoms with Crippen molar-refractivity contribution >= 4 is 17.9 Å². The molecular formula is C11H16O7. The second kappa shape index (κ2) is 8.24. The largest absolute Gasteiger partial charge is 0.478 e. The summed E-state index contributed by atoms with van der Waals surface area (Å²) in [6.07, 6.45) is -0.665. The molecule has 0 saturated carbocycles. The van der Waals surface area contributed by atoms with Gasteiger partial charge in [-0.3, -0.25) is 4.79 Å². The molecule has 18 heavy (non-hydrogen) atoms. The molecule has 7 heteroatoms. The summed E-state index contributed by atoms with van der Waals surface area (Å²) in [6.45, 7) is 1.73. The fourth-order valence-electron chi connectivity index (χ4n) is 1.26. The molecule has 0 fully saturated rings. The van der Waals surface area contributed by atoms with Crippen LogP contribution in [0.15, 0.2) is 11.1 Å². The van der Waals surface area contributed by atoms with Gasteiger partial charge in [0.05, 0.1) is 30.8 Å². The summed E-state index contributed by atoms with van der Waals surface area (Å²) in [4.78, 5) is 33.2. The van der Waals surface area contributed by atoms with Crippen LogP contribution in [0.5, 0.6) is 0 Å². The zero-order chi connectivity index (χ0) is 14.1. The fourth-order valence-corrected chi connectivity index (χ4v) is 1.26. The third kappa shape index (κ3) is 5.44. The molecular weight excluding hydrogens is 244 g/mol. The normalized spacial score (nSPS) is 11.7. The Hall–Kier alpha value is -1.89. The Labute approximate surface area is 104 Å². The highest BCUT2D eigenvalue weighted by atomic mass is 16.5. The maximum atomic E-state index is 11.2. The number of carboxylic acids is 2. The van der Waals surface area contributed by atoms with Crippen LogP contribution < -0.4 is 0 Å². The van der Waals surface area contributed by atoms with Crippen molar-refractivity contribution in [3.63, 3.8) is 0 Å². The van der Waals surface area contributed by atoms with Gasteiger partial charge in [-0.05, 0) is 6.92 Å². The minimum absolute atomic E-state index is 0.0568. The maximum Gasteiger partial charge on any atom is 0.332 e. The van der Waals surface area contributed by atoms with E-state index in [9.17, 15) is 14.4 Å². The Morgan fingerprint density at radius 1 is 1.06 bits per heavy atom. The predicted octanol–water partition coefficient (Wildman–Crippen LogP) is 0.442. The van der Waals surface area contributed by atoms with Gasteiger partial charge in [-0.15, -0.1) is 0 Å². The van der Waals surface area contributed by atoms with Crippen LogP contribution in [-0.2, 0) is 23.9 Å². The molecule has 7 nitrogen and oxygen atoms in total. The number of ether oxygens (including phenoxy) is 2. The van der Waals surface area contributed by atoms with E-state index in [1.807, 2.05) is 0 Å². The number of carboxylic acid groups (broad SMARTS) is 2. The molecule has 0 saturated heterocycles. The molecule has 102 valence electrons. The van der Waals surface area contributed by atoms with Crippen LogP contribution in [-0.4, -0.2) is 48.4 Å². The summed E-state index contributed by atoms with van der Waals surface area (Å²) < 4.78 is 9.29. The Balaban J connectivity index is 5.14. The van der Waals surface area contributed by atoms with E-state index in [1.54, 1.807) is 6.92 Å². The SMILES string of the molecule is CCOC(=O)C/C(C(=O)O)=C(/CCOC)C(=O)O. The Morgan fingerprint density at radius 2 is 1.61 bits per heavy atom. The van der Waals surface area contributed by atoms with E-state index >= 15 is 0 Å². The minimum atomic E-state index is -1.45. The van der Waals surface area contributed by atoms with Gasteiger partial charge in [0, 0.05) is 13.5 Å². The van der Waals surface area contributed by atoms with E-state index in [4.69, 9.17) is 14.9 Å². The first kappa shape index (κ1) is 16.1. The van der Waals surface area contributed by atoms with Gasteiger partial charge in [0.2, 0.25) is 0 Å². The van der Waals surface area contributed by atoms with Crippen LogP contribution in [0, 0.1) is 0 Å². The highest BCUT2D eigenvalue weighted by Gasteiger charge is 2.22. The summed E-state index contributed by atoms with van der Waals surface area (Å²) in [6, 6.07) is 0. The molecule has 0 radical (unpaired) electrons. The lowest BCUT2D eigenvalue weighted by atomic mass is 10.0. The smallest absolute Gasteiger partial charge is 0.332 e. The van der Waals surface area contributed by atoms with Gasteiger partial charge >= 0.3 is 17.9 Å². The molecule has 0 aliphatic carbocycles. The summed E-state index contributed by atoms with van der Waals surface area (Å²) >= 11 is 0. The average Bonchev–Trinajstić information content (AvgIpc) is 2.27. The number of rotatable bonds is 8. The zero-order valence-corrected chi connectivity index (χ0v) is 10.3. The first-order chi connectivity index (χ1) is 8.43. The highest BCUT2D eigenvalue weighted by Crippen LogP contribution is 2.15. The van der Waals surface area contributed by atoms with Gasteiger partial charge in [0.1, 0.15) is 0 Å². The van der Waals surface area contributed by atoms with Crippen LogP contribution in [0.4, 0.5) is 0 Å². The minimum Gasteiger partial charge on any atom is -0.478 e. The number of hydrogen-bond acceptors (Lipinski definition) is 5. The fraction of sp³-hybridized carbons (Fsp3) is 0.545. The molecule has 0 aliphatic heterocycles. The standard InChI is InChI=1S/C11H16O7/c1-3-18-9(12)6-8(11(15)16)7(10(13)14)4-5-17-2/h3-6H2,1-2H3,(H,13,14)(H,15,16)/b8-7+. The number of methoxy groups -OCH3 is 1. The van der Waals surface area contributed by atoms with Crippen molar-refractivity contribution in [3.8, 4) is 0 Å². The molecule has 0 aliphatic rings.